The molecule has 1 aliphatic carbocycles. The van der Waals surface area contributed by atoms with Gasteiger partial charge in [-0.3, -0.25) is 0 Å². The third-order valence-electron chi connectivity index (χ3n) is 3.01. The number of oxazole rings is 1. The third-order valence-corrected chi connectivity index (χ3v) is 3.01. The van der Waals surface area contributed by atoms with Gasteiger partial charge < -0.3 is 9.73 Å². The third kappa shape index (κ3) is 1.93. The summed E-state index contributed by atoms with van der Waals surface area (Å²) in [6.45, 7) is 1.84. The van der Waals surface area contributed by atoms with Crippen LogP contribution in [0.15, 0.2) is 22.9 Å². The summed E-state index contributed by atoms with van der Waals surface area (Å²) in [5.74, 6) is 1.63. The minimum atomic E-state index is 0.509. The summed E-state index contributed by atoms with van der Waals surface area (Å²) < 4.78 is 5.21. The largest absolute Gasteiger partial charge is 0.427 e. The molecule has 0 aromatic carbocycles. The van der Waals surface area contributed by atoms with E-state index in [1.807, 2.05) is 13.0 Å². The summed E-state index contributed by atoms with van der Waals surface area (Å²) in [5, 5.41) is 12.1. The van der Waals surface area contributed by atoms with Crippen molar-refractivity contribution in [3.63, 3.8) is 0 Å². The van der Waals surface area contributed by atoms with Crippen molar-refractivity contribution in [1.82, 2.24) is 9.97 Å². The maximum absolute atomic E-state index is 9.09. The van der Waals surface area contributed by atoms with Crippen LogP contribution in [0.1, 0.15) is 35.7 Å². The van der Waals surface area contributed by atoms with Gasteiger partial charge in [0.15, 0.2) is 12.2 Å². The Balaban J connectivity index is 1.96. The smallest absolute Gasteiger partial charge is 0.221 e. The van der Waals surface area contributed by atoms with Crippen LogP contribution >= 0.6 is 0 Å². The van der Waals surface area contributed by atoms with Crippen molar-refractivity contribution in [2.45, 2.75) is 25.7 Å². The molecule has 5 nitrogen and oxygen atoms in total. The molecular weight excluding hydrogens is 228 g/mol. The molecule has 0 radical (unpaired) electrons. The molecule has 2 aromatic heterocycles. The van der Waals surface area contributed by atoms with Gasteiger partial charge >= 0.3 is 0 Å². The molecular formula is C13H12N4O. The molecule has 1 saturated carbocycles. The standard InChI is InChI=1S/C13H12N4O/c1-8-13(18-7-15-8)17-12-10(6-14)4-5-11(16-12)9-2-3-9/h4-5,7,9H,2-3H2,1H3,(H,16,17). The van der Waals surface area contributed by atoms with E-state index in [1.165, 1.54) is 19.2 Å². The number of hydrogen-bond acceptors (Lipinski definition) is 5. The minimum absolute atomic E-state index is 0.509. The SMILES string of the molecule is Cc1ncoc1Nc1nc(C2CC2)ccc1C#N. The van der Waals surface area contributed by atoms with Gasteiger partial charge in [-0.25, -0.2) is 9.97 Å². The number of aromatic nitrogens is 2. The van der Waals surface area contributed by atoms with Crippen molar-refractivity contribution in [3.05, 3.63) is 35.5 Å². The first-order chi connectivity index (χ1) is 8.78. The predicted molar refractivity (Wildman–Crippen MR) is 65.4 cm³/mol. The first-order valence-electron chi connectivity index (χ1n) is 5.86. The van der Waals surface area contributed by atoms with E-state index >= 15 is 0 Å². The highest BCUT2D eigenvalue weighted by Gasteiger charge is 2.25. The summed E-state index contributed by atoms with van der Waals surface area (Å²) in [6.07, 6.45) is 3.73. The lowest BCUT2D eigenvalue weighted by molar-refractivity contribution is 0.573. The Morgan fingerprint density at radius 2 is 2.28 bits per heavy atom. The van der Waals surface area contributed by atoms with Gasteiger partial charge in [-0.1, -0.05) is 0 Å². The van der Waals surface area contributed by atoms with Crippen LogP contribution in [0.5, 0.6) is 0 Å². The summed E-state index contributed by atoms with van der Waals surface area (Å²) in [4.78, 5) is 8.50. The molecule has 0 atom stereocenters. The van der Waals surface area contributed by atoms with Crippen molar-refractivity contribution in [2.24, 2.45) is 0 Å². The average Bonchev–Trinajstić information content (AvgIpc) is 3.15. The second-order valence-electron chi connectivity index (χ2n) is 4.41. The van der Waals surface area contributed by atoms with Gasteiger partial charge in [0.05, 0.1) is 5.56 Å². The first-order valence-corrected chi connectivity index (χ1v) is 5.86. The second-order valence-corrected chi connectivity index (χ2v) is 4.41. The Labute approximate surface area is 104 Å². The van der Waals surface area contributed by atoms with Crippen molar-refractivity contribution >= 4 is 11.7 Å². The van der Waals surface area contributed by atoms with Crippen molar-refractivity contribution in [2.75, 3.05) is 5.32 Å². The number of nitriles is 1. The average molecular weight is 240 g/mol. The Kier molecular flexibility index (Phi) is 2.49. The van der Waals surface area contributed by atoms with E-state index in [1.54, 1.807) is 6.07 Å². The summed E-state index contributed by atoms with van der Waals surface area (Å²) >= 11 is 0. The van der Waals surface area contributed by atoms with Crippen molar-refractivity contribution in [1.29, 1.82) is 5.26 Å². The van der Waals surface area contributed by atoms with Crippen LogP contribution in [0, 0.1) is 18.3 Å². The molecule has 3 rings (SSSR count). The topological polar surface area (TPSA) is 74.7 Å². The van der Waals surface area contributed by atoms with Crippen LogP contribution in [-0.2, 0) is 0 Å². The Morgan fingerprint density at radius 3 is 2.89 bits per heavy atom. The maximum atomic E-state index is 9.09. The molecule has 1 aliphatic rings. The van der Waals surface area contributed by atoms with Crippen molar-refractivity contribution < 1.29 is 4.42 Å². The zero-order valence-corrected chi connectivity index (χ0v) is 9.97. The van der Waals surface area contributed by atoms with Crippen LogP contribution in [0.25, 0.3) is 0 Å². The fraction of sp³-hybridized carbons (Fsp3) is 0.308. The lowest BCUT2D eigenvalue weighted by Gasteiger charge is -2.07. The lowest BCUT2D eigenvalue weighted by Crippen LogP contribution is -2.00. The number of hydrogen-bond donors (Lipinski definition) is 1. The molecule has 1 N–H and O–H groups in total. The fourth-order valence-corrected chi connectivity index (χ4v) is 1.80. The molecule has 2 aromatic rings. The number of nitrogens with one attached hydrogen (secondary N) is 1. The zero-order valence-electron chi connectivity index (χ0n) is 9.97. The predicted octanol–water partition coefficient (Wildman–Crippen LogP) is 2.87. The Bertz CT molecular complexity index is 622. The van der Waals surface area contributed by atoms with E-state index in [-0.39, 0.29) is 0 Å². The highest BCUT2D eigenvalue weighted by molar-refractivity contribution is 5.60. The number of anilines is 2. The van der Waals surface area contributed by atoms with E-state index < -0.39 is 0 Å². The molecule has 2 heterocycles. The lowest BCUT2D eigenvalue weighted by atomic mass is 10.2. The number of aryl methyl sites for hydroxylation is 1. The number of pyridine rings is 1. The van der Waals surface area contributed by atoms with Gasteiger partial charge in [0, 0.05) is 11.6 Å². The van der Waals surface area contributed by atoms with E-state index in [9.17, 15) is 0 Å². The normalized spacial score (nSPS) is 14.2. The number of nitrogens with zero attached hydrogens (tertiary/aromatic N) is 3. The Hall–Kier alpha value is -2.35. The quantitative estimate of drug-likeness (QED) is 0.892. The van der Waals surface area contributed by atoms with Crippen LogP contribution in [0.3, 0.4) is 0 Å². The fourth-order valence-electron chi connectivity index (χ4n) is 1.80. The molecule has 0 spiro atoms. The van der Waals surface area contributed by atoms with Crippen LogP contribution < -0.4 is 5.32 Å². The molecule has 1 fully saturated rings. The van der Waals surface area contributed by atoms with Crippen LogP contribution in [-0.4, -0.2) is 9.97 Å². The maximum Gasteiger partial charge on any atom is 0.221 e. The summed E-state index contributed by atoms with van der Waals surface area (Å²) in [5.41, 5.74) is 2.29. The molecule has 18 heavy (non-hydrogen) atoms. The van der Waals surface area contributed by atoms with E-state index in [2.05, 4.69) is 21.4 Å². The van der Waals surface area contributed by atoms with E-state index in [0.717, 1.165) is 11.4 Å². The molecule has 0 aliphatic heterocycles. The van der Waals surface area contributed by atoms with E-state index in [4.69, 9.17) is 9.68 Å². The molecule has 0 amide bonds. The van der Waals surface area contributed by atoms with Crippen LogP contribution in [0.4, 0.5) is 11.7 Å². The molecule has 90 valence electrons. The van der Waals surface area contributed by atoms with Gasteiger partial charge in [0.2, 0.25) is 5.88 Å². The van der Waals surface area contributed by atoms with Crippen molar-refractivity contribution in [3.8, 4) is 6.07 Å². The summed E-state index contributed by atoms with van der Waals surface area (Å²) in [7, 11) is 0. The number of rotatable bonds is 3. The van der Waals surface area contributed by atoms with E-state index in [0.29, 0.717) is 23.2 Å². The monoisotopic (exact) mass is 240 g/mol. The van der Waals surface area contributed by atoms with Crippen LogP contribution in [0.2, 0.25) is 0 Å². The molecule has 5 heteroatoms. The Morgan fingerprint density at radius 1 is 1.44 bits per heavy atom. The van der Waals surface area contributed by atoms with Gasteiger partial charge in [-0.05, 0) is 31.9 Å². The summed E-state index contributed by atoms with van der Waals surface area (Å²) in [6, 6.07) is 5.85. The molecule has 0 unspecified atom stereocenters. The first kappa shape index (κ1) is 10.8. The molecule has 0 saturated heterocycles. The van der Waals surface area contributed by atoms with Gasteiger partial charge in [-0.15, -0.1) is 0 Å². The van der Waals surface area contributed by atoms with Gasteiger partial charge in [-0.2, -0.15) is 5.26 Å². The highest BCUT2D eigenvalue weighted by Crippen LogP contribution is 2.39. The highest BCUT2D eigenvalue weighted by atomic mass is 16.4. The molecule has 0 bridgehead atoms. The zero-order chi connectivity index (χ0) is 12.5. The van der Waals surface area contributed by atoms with Gasteiger partial charge in [0.25, 0.3) is 0 Å². The minimum Gasteiger partial charge on any atom is -0.427 e. The van der Waals surface area contributed by atoms with Gasteiger partial charge in [0.1, 0.15) is 11.8 Å². The second kappa shape index (κ2) is 4.15.